The molecule has 11 heteroatoms. The highest BCUT2D eigenvalue weighted by Crippen LogP contribution is 2.37. The molecule has 0 aliphatic heterocycles. The van der Waals surface area contributed by atoms with E-state index in [1.54, 1.807) is 11.6 Å². The molecular weight excluding hydrogens is 478 g/mol. The SMILES string of the molecule is Cc1nc2c(cnn2C(C)C)cc1C(=O)Nc1ccc(NC(=O)c2ccc(F)cc2)cc1C(F)(F)F. The van der Waals surface area contributed by atoms with E-state index in [0.717, 1.165) is 24.3 Å². The van der Waals surface area contributed by atoms with Crippen LogP contribution in [0.3, 0.4) is 0 Å². The third-order valence-electron chi connectivity index (χ3n) is 5.43. The number of benzene rings is 2. The number of rotatable bonds is 5. The van der Waals surface area contributed by atoms with Gasteiger partial charge in [0, 0.05) is 22.7 Å². The van der Waals surface area contributed by atoms with E-state index in [1.807, 2.05) is 13.8 Å². The van der Waals surface area contributed by atoms with Gasteiger partial charge in [0.1, 0.15) is 5.82 Å². The molecular formula is C25H21F4N5O2. The highest BCUT2D eigenvalue weighted by molar-refractivity contribution is 6.07. The molecule has 0 saturated heterocycles. The molecule has 4 rings (SSSR count). The summed E-state index contributed by atoms with van der Waals surface area (Å²) in [7, 11) is 0. The fourth-order valence-electron chi connectivity index (χ4n) is 3.63. The van der Waals surface area contributed by atoms with Crippen molar-refractivity contribution in [3.63, 3.8) is 0 Å². The van der Waals surface area contributed by atoms with Crippen molar-refractivity contribution in [1.29, 1.82) is 0 Å². The molecule has 2 amide bonds. The second-order valence-corrected chi connectivity index (χ2v) is 8.39. The van der Waals surface area contributed by atoms with Crippen LogP contribution in [0.5, 0.6) is 0 Å². The van der Waals surface area contributed by atoms with Gasteiger partial charge in [0.05, 0.1) is 28.7 Å². The van der Waals surface area contributed by atoms with Crippen molar-refractivity contribution in [3.8, 4) is 0 Å². The van der Waals surface area contributed by atoms with Gasteiger partial charge in [0.15, 0.2) is 5.65 Å². The fraction of sp³-hybridized carbons (Fsp3) is 0.200. The molecule has 2 aromatic heterocycles. The summed E-state index contributed by atoms with van der Waals surface area (Å²) >= 11 is 0. The van der Waals surface area contributed by atoms with Crippen LogP contribution in [0, 0.1) is 12.7 Å². The molecule has 2 heterocycles. The number of nitrogens with zero attached hydrogens (tertiary/aromatic N) is 3. The summed E-state index contributed by atoms with van der Waals surface area (Å²) in [6.07, 6.45) is -3.28. The number of anilines is 2. The monoisotopic (exact) mass is 499 g/mol. The minimum Gasteiger partial charge on any atom is -0.322 e. The van der Waals surface area contributed by atoms with Crippen molar-refractivity contribution in [3.05, 3.63) is 82.9 Å². The van der Waals surface area contributed by atoms with Crippen LogP contribution in [0.1, 0.15) is 51.9 Å². The summed E-state index contributed by atoms with van der Waals surface area (Å²) in [4.78, 5) is 29.7. The molecule has 0 unspecified atom stereocenters. The first-order valence-corrected chi connectivity index (χ1v) is 10.9. The number of alkyl halides is 3. The van der Waals surface area contributed by atoms with Gasteiger partial charge < -0.3 is 10.6 Å². The Kier molecular flexibility index (Phi) is 6.49. The average Bonchev–Trinajstić information content (AvgIpc) is 3.22. The lowest BCUT2D eigenvalue weighted by molar-refractivity contribution is -0.136. The van der Waals surface area contributed by atoms with Crippen molar-refractivity contribution in [2.45, 2.75) is 33.0 Å². The van der Waals surface area contributed by atoms with Gasteiger partial charge in [-0.1, -0.05) is 0 Å². The van der Waals surface area contributed by atoms with Crippen molar-refractivity contribution in [1.82, 2.24) is 14.8 Å². The summed E-state index contributed by atoms with van der Waals surface area (Å²) in [5.41, 5.74) is -0.698. The lowest BCUT2D eigenvalue weighted by atomic mass is 10.1. The van der Waals surface area contributed by atoms with E-state index in [-0.39, 0.29) is 22.9 Å². The Hall–Kier alpha value is -4.28. The van der Waals surface area contributed by atoms with E-state index in [1.165, 1.54) is 30.5 Å². The Morgan fingerprint density at radius 3 is 2.31 bits per heavy atom. The molecule has 4 aromatic rings. The Morgan fingerprint density at radius 2 is 1.67 bits per heavy atom. The predicted octanol–water partition coefficient (Wildman–Crippen LogP) is 5.98. The highest BCUT2D eigenvalue weighted by atomic mass is 19.4. The number of pyridine rings is 1. The predicted molar refractivity (Wildman–Crippen MR) is 126 cm³/mol. The molecule has 186 valence electrons. The molecule has 0 aliphatic rings. The first-order chi connectivity index (χ1) is 16.9. The molecule has 0 saturated carbocycles. The molecule has 36 heavy (non-hydrogen) atoms. The quantitative estimate of drug-likeness (QED) is 0.331. The van der Waals surface area contributed by atoms with Gasteiger partial charge in [-0.25, -0.2) is 14.1 Å². The maximum absolute atomic E-state index is 13.8. The lowest BCUT2D eigenvalue weighted by Crippen LogP contribution is -2.19. The van der Waals surface area contributed by atoms with Crippen molar-refractivity contribution in [2.75, 3.05) is 10.6 Å². The van der Waals surface area contributed by atoms with E-state index < -0.39 is 35.1 Å². The van der Waals surface area contributed by atoms with E-state index >= 15 is 0 Å². The van der Waals surface area contributed by atoms with Gasteiger partial charge in [-0.3, -0.25) is 9.59 Å². The van der Waals surface area contributed by atoms with E-state index in [2.05, 4.69) is 20.7 Å². The number of aromatic nitrogens is 3. The Labute approximate surface area is 203 Å². The molecule has 0 spiro atoms. The third kappa shape index (κ3) is 5.04. The number of nitrogens with one attached hydrogen (secondary N) is 2. The number of hydrogen-bond donors (Lipinski definition) is 2. The zero-order chi connectivity index (χ0) is 26.2. The van der Waals surface area contributed by atoms with Crippen molar-refractivity contribution in [2.24, 2.45) is 0 Å². The van der Waals surface area contributed by atoms with Gasteiger partial charge in [-0.15, -0.1) is 0 Å². The standard InChI is InChI=1S/C25H21F4N5O2/c1-13(2)34-22-16(12-30-34)10-19(14(3)31-22)24(36)33-21-9-8-18(11-20(21)25(27,28)29)32-23(35)15-4-6-17(26)7-5-15/h4-13H,1-3H3,(H,32,35)(H,33,36). The molecule has 0 aliphatic carbocycles. The Morgan fingerprint density at radius 1 is 0.972 bits per heavy atom. The normalized spacial score (nSPS) is 11.7. The number of fused-ring (bicyclic) bond motifs is 1. The number of carbonyl (C=O) groups is 2. The lowest BCUT2D eigenvalue weighted by Gasteiger charge is -2.16. The average molecular weight is 499 g/mol. The number of aryl methyl sites for hydroxylation is 1. The molecule has 0 bridgehead atoms. The minimum atomic E-state index is -4.82. The number of hydrogen-bond acceptors (Lipinski definition) is 4. The Balaban J connectivity index is 1.61. The summed E-state index contributed by atoms with van der Waals surface area (Å²) in [5, 5.41) is 9.48. The fourth-order valence-corrected chi connectivity index (χ4v) is 3.63. The molecule has 7 nitrogen and oxygen atoms in total. The van der Waals surface area contributed by atoms with E-state index in [0.29, 0.717) is 16.7 Å². The number of halogens is 4. The molecule has 2 N–H and O–H groups in total. The van der Waals surface area contributed by atoms with Gasteiger partial charge in [0.2, 0.25) is 0 Å². The van der Waals surface area contributed by atoms with Crippen LogP contribution in [0.4, 0.5) is 28.9 Å². The van der Waals surface area contributed by atoms with Gasteiger partial charge in [-0.05, 0) is 69.3 Å². The van der Waals surface area contributed by atoms with Crippen molar-refractivity contribution >= 4 is 34.2 Å². The summed E-state index contributed by atoms with van der Waals surface area (Å²) in [5.74, 6) is -2.03. The second-order valence-electron chi connectivity index (χ2n) is 8.39. The first kappa shape index (κ1) is 24.8. The smallest absolute Gasteiger partial charge is 0.322 e. The Bertz CT molecular complexity index is 1460. The van der Waals surface area contributed by atoms with Crippen LogP contribution < -0.4 is 10.6 Å². The van der Waals surface area contributed by atoms with Crippen LogP contribution in [-0.2, 0) is 6.18 Å². The second kappa shape index (κ2) is 9.40. The summed E-state index contributed by atoms with van der Waals surface area (Å²) in [6.45, 7) is 5.44. The van der Waals surface area contributed by atoms with Crippen LogP contribution in [0.25, 0.3) is 11.0 Å². The molecule has 2 aromatic carbocycles. The van der Waals surface area contributed by atoms with Gasteiger partial charge in [0.25, 0.3) is 11.8 Å². The highest BCUT2D eigenvalue weighted by Gasteiger charge is 2.34. The maximum atomic E-state index is 13.8. The van der Waals surface area contributed by atoms with E-state index in [4.69, 9.17) is 0 Å². The van der Waals surface area contributed by atoms with Gasteiger partial charge in [-0.2, -0.15) is 18.3 Å². The van der Waals surface area contributed by atoms with Gasteiger partial charge >= 0.3 is 6.18 Å². The third-order valence-corrected chi connectivity index (χ3v) is 5.43. The molecule has 0 fully saturated rings. The summed E-state index contributed by atoms with van der Waals surface area (Å²) in [6, 6.07) is 9.12. The number of amides is 2. The van der Waals surface area contributed by atoms with Crippen LogP contribution in [0.15, 0.2) is 54.7 Å². The maximum Gasteiger partial charge on any atom is 0.418 e. The summed E-state index contributed by atoms with van der Waals surface area (Å²) < 4.78 is 56.2. The first-order valence-electron chi connectivity index (χ1n) is 10.9. The zero-order valence-electron chi connectivity index (χ0n) is 19.4. The number of carbonyl (C=O) groups excluding carboxylic acids is 2. The van der Waals surface area contributed by atoms with Crippen LogP contribution in [0.2, 0.25) is 0 Å². The van der Waals surface area contributed by atoms with Crippen molar-refractivity contribution < 1.29 is 27.2 Å². The zero-order valence-corrected chi connectivity index (χ0v) is 19.4. The van der Waals surface area contributed by atoms with E-state index in [9.17, 15) is 27.2 Å². The van der Waals surface area contributed by atoms with Crippen LogP contribution in [-0.4, -0.2) is 26.6 Å². The molecule has 0 radical (unpaired) electrons. The van der Waals surface area contributed by atoms with Crippen LogP contribution >= 0.6 is 0 Å². The topological polar surface area (TPSA) is 88.9 Å². The largest absolute Gasteiger partial charge is 0.418 e. The molecule has 0 atom stereocenters. The minimum absolute atomic E-state index is 0.0329.